The van der Waals surface area contributed by atoms with Crippen molar-refractivity contribution in [1.29, 1.82) is 0 Å². The predicted molar refractivity (Wildman–Crippen MR) is 127 cm³/mol. The van der Waals surface area contributed by atoms with E-state index in [9.17, 15) is 5.11 Å². The van der Waals surface area contributed by atoms with Crippen LogP contribution in [0, 0.1) is 0 Å². The Labute approximate surface area is 190 Å². The molecule has 1 unspecified atom stereocenters. The number of likely N-dealkylation sites (tertiary alicyclic amines) is 1. The fourth-order valence-electron chi connectivity index (χ4n) is 4.22. The van der Waals surface area contributed by atoms with Gasteiger partial charge < -0.3 is 14.6 Å². The van der Waals surface area contributed by atoms with Crippen LogP contribution in [0.3, 0.4) is 0 Å². The van der Waals surface area contributed by atoms with Crippen molar-refractivity contribution in [2.75, 3.05) is 33.4 Å². The van der Waals surface area contributed by atoms with Gasteiger partial charge in [-0.2, -0.15) is 0 Å². The lowest BCUT2D eigenvalue weighted by Crippen LogP contribution is -2.39. The molecule has 0 spiro atoms. The highest BCUT2D eigenvalue weighted by Gasteiger charge is 2.21. The van der Waals surface area contributed by atoms with Crippen molar-refractivity contribution < 1.29 is 14.6 Å². The van der Waals surface area contributed by atoms with E-state index in [4.69, 9.17) is 9.47 Å². The van der Waals surface area contributed by atoms with Crippen molar-refractivity contribution >= 4 is 5.57 Å². The number of methoxy groups -OCH3 is 1. The number of hydrogen-bond donors (Lipinski definition) is 1. The number of aliphatic hydroxyl groups excluding tert-OH is 1. The second-order valence-electron chi connectivity index (χ2n) is 8.00. The summed E-state index contributed by atoms with van der Waals surface area (Å²) >= 11 is 0. The first kappa shape index (κ1) is 22.1. The second-order valence-corrected chi connectivity index (χ2v) is 8.00. The molecule has 0 bridgehead atoms. The maximum Gasteiger partial charge on any atom is 0.179 e. The van der Waals surface area contributed by atoms with E-state index >= 15 is 0 Å². The summed E-state index contributed by atoms with van der Waals surface area (Å²) in [6.45, 7) is 2.66. The van der Waals surface area contributed by atoms with Gasteiger partial charge in [-0.25, -0.2) is 0 Å². The summed E-state index contributed by atoms with van der Waals surface area (Å²) in [5.41, 5.74) is 5.36. The Morgan fingerprint density at radius 2 is 1.56 bits per heavy atom. The molecule has 0 radical (unpaired) electrons. The Hall–Kier alpha value is -3.15. The SMILES string of the molecule is COc1cnccc1OCC(O)CN1CCC(=C(c2ccccc2)c2ccccc2)CC1. The molecule has 1 atom stereocenters. The van der Waals surface area contributed by atoms with Gasteiger partial charge in [-0.05, 0) is 29.5 Å². The average Bonchev–Trinajstić information content (AvgIpc) is 2.85. The third-order valence-electron chi connectivity index (χ3n) is 5.80. The summed E-state index contributed by atoms with van der Waals surface area (Å²) in [5, 5.41) is 10.5. The molecule has 1 aromatic heterocycles. The standard InChI is InChI=1S/C27H30N2O3/c1-31-26-18-28-15-12-25(26)32-20-24(30)19-29-16-13-23(14-17-29)27(21-8-4-2-5-9-21)22-10-6-3-7-11-22/h2-12,15,18,24,30H,13-14,16-17,19-20H2,1H3. The molecule has 3 aromatic rings. The van der Waals surface area contributed by atoms with E-state index in [-0.39, 0.29) is 6.61 Å². The summed E-state index contributed by atoms with van der Waals surface area (Å²) in [4.78, 5) is 6.34. The highest BCUT2D eigenvalue weighted by molar-refractivity contribution is 5.82. The van der Waals surface area contributed by atoms with E-state index in [2.05, 4.69) is 70.5 Å². The summed E-state index contributed by atoms with van der Waals surface area (Å²) < 4.78 is 11.0. The van der Waals surface area contributed by atoms with Crippen LogP contribution >= 0.6 is 0 Å². The monoisotopic (exact) mass is 430 g/mol. The average molecular weight is 431 g/mol. The van der Waals surface area contributed by atoms with Crippen LogP contribution in [0.4, 0.5) is 0 Å². The van der Waals surface area contributed by atoms with Gasteiger partial charge in [0.15, 0.2) is 11.5 Å². The molecule has 0 amide bonds. The van der Waals surface area contributed by atoms with Gasteiger partial charge in [0, 0.05) is 31.9 Å². The summed E-state index contributed by atoms with van der Waals surface area (Å²) in [7, 11) is 1.58. The first-order chi connectivity index (χ1) is 15.7. The van der Waals surface area contributed by atoms with Crippen molar-refractivity contribution in [2.45, 2.75) is 18.9 Å². The number of aromatic nitrogens is 1. The minimum absolute atomic E-state index is 0.221. The van der Waals surface area contributed by atoms with E-state index in [1.165, 1.54) is 22.3 Å². The zero-order valence-electron chi connectivity index (χ0n) is 18.5. The molecule has 32 heavy (non-hydrogen) atoms. The number of pyridine rings is 1. The molecular formula is C27H30N2O3. The van der Waals surface area contributed by atoms with Gasteiger partial charge >= 0.3 is 0 Å². The molecule has 1 saturated heterocycles. The molecule has 2 heterocycles. The summed E-state index contributed by atoms with van der Waals surface area (Å²) in [6, 6.07) is 23.0. The number of nitrogens with zero attached hydrogens (tertiary/aromatic N) is 2. The van der Waals surface area contributed by atoms with Crippen LogP contribution in [0.25, 0.3) is 5.57 Å². The molecule has 1 aliphatic heterocycles. The van der Waals surface area contributed by atoms with Gasteiger partial charge in [-0.3, -0.25) is 9.88 Å². The lowest BCUT2D eigenvalue weighted by Gasteiger charge is -2.31. The Bertz CT molecular complexity index is 970. The highest BCUT2D eigenvalue weighted by atomic mass is 16.5. The summed E-state index contributed by atoms with van der Waals surface area (Å²) in [5.74, 6) is 1.17. The largest absolute Gasteiger partial charge is 0.491 e. The zero-order valence-corrected chi connectivity index (χ0v) is 18.5. The smallest absolute Gasteiger partial charge is 0.179 e. The zero-order chi connectivity index (χ0) is 22.2. The van der Waals surface area contributed by atoms with Crippen molar-refractivity contribution in [1.82, 2.24) is 9.88 Å². The molecule has 2 aromatic carbocycles. The van der Waals surface area contributed by atoms with E-state index in [1.807, 2.05) is 0 Å². The molecular weight excluding hydrogens is 400 g/mol. The van der Waals surface area contributed by atoms with Crippen molar-refractivity contribution in [3.8, 4) is 11.5 Å². The van der Waals surface area contributed by atoms with Crippen molar-refractivity contribution in [3.05, 3.63) is 95.8 Å². The van der Waals surface area contributed by atoms with Gasteiger partial charge in [0.2, 0.25) is 0 Å². The quantitative estimate of drug-likeness (QED) is 0.573. The van der Waals surface area contributed by atoms with Crippen LogP contribution < -0.4 is 9.47 Å². The number of ether oxygens (including phenoxy) is 2. The van der Waals surface area contributed by atoms with Crippen LogP contribution in [-0.4, -0.2) is 54.4 Å². The van der Waals surface area contributed by atoms with Crippen LogP contribution in [0.15, 0.2) is 84.7 Å². The minimum Gasteiger partial charge on any atom is -0.491 e. The first-order valence-corrected chi connectivity index (χ1v) is 11.1. The Balaban J connectivity index is 1.38. The van der Waals surface area contributed by atoms with Gasteiger partial charge in [0.1, 0.15) is 12.7 Å². The molecule has 1 aliphatic rings. The molecule has 5 heteroatoms. The Kier molecular flexibility index (Phi) is 7.54. The molecule has 166 valence electrons. The fourth-order valence-corrected chi connectivity index (χ4v) is 4.22. The lowest BCUT2D eigenvalue weighted by molar-refractivity contribution is 0.0646. The molecule has 5 nitrogen and oxygen atoms in total. The normalized spacial score (nSPS) is 15.2. The number of piperidine rings is 1. The number of aliphatic hydroxyl groups is 1. The lowest BCUT2D eigenvalue weighted by atomic mass is 9.88. The first-order valence-electron chi connectivity index (χ1n) is 11.1. The molecule has 0 saturated carbocycles. The van der Waals surface area contributed by atoms with Gasteiger partial charge in [0.05, 0.1) is 13.3 Å². The molecule has 4 rings (SSSR count). The van der Waals surface area contributed by atoms with Crippen molar-refractivity contribution in [2.24, 2.45) is 0 Å². The molecule has 0 aliphatic carbocycles. The number of benzene rings is 2. The van der Waals surface area contributed by atoms with Gasteiger partial charge in [-0.1, -0.05) is 66.2 Å². The van der Waals surface area contributed by atoms with Gasteiger partial charge in [0.25, 0.3) is 0 Å². The fraction of sp³-hybridized carbons (Fsp3) is 0.296. The second kappa shape index (κ2) is 10.9. The number of β-amino-alcohol motifs (C(OH)–C–C–N with tert-alkyl or cyclic N) is 1. The number of hydrogen-bond acceptors (Lipinski definition) is 5. The van der Waals surface area contributed by atoms with E-state index in [1.54, 1.807) is 25.6 Å². The minimum atomic E-state index is -0.568. The Morgan fingerprint density at radius 1 is 0.938 bits per heavy atom. The molecule has 1 fully saturated rings. The predicted octanol–water partition coefficient (Wildman–Crippen LogP) is 4.43. The van der Waals surface area contributed by atoms with E-state index < -0.39 is 6.10 Å². The third kappa shape index (κ3) is 5.55. The maximum atomic E-state index is 10.5. The topological polar surface area (TPSA) is 54.8 Å². The van der Waals surface area contributed by atoms with Crippen LogP contribution in [-0.2, 0) is 0 Å². The van der Waals surface area contributed by atoms with Gasteiger partial charge in [-0.15, -0.1) is 0 Å². The summed E-state index contributed by atoms with van der Waals surface area (Å²) in [6.07, 6.45) is 4.67. The van der Waals surface area contributed by atoms with Crippen molar-refractivity contribution in [3.63, 3.8) is 0 Å². The number of rotatable bonds is 8. The maximum absolute atomic E-state index is 10.5. The van der Waals surface area contributed by atoms with E-state index in [0.717, 1.165) is 25.9 Å². The van der Waals surface area contributed by atoms with Crippen LogP contribution in [0.1, 0.15) is 24.0 Å². The van der Waals surface area contributed by atoms with Crippen LogP contribution in [0.5, 0.6) is 11.5 Å². The Morgan fingerprint density at radius 3 is 2.16 bits per heavy atom. The van der Waals surface area contributed by atoms with Crippen LogP contribution in [0.2, 0.25) is 0 Å². The highest BCUT2D eigenvalue weighted by Crippen LogP contribution is 2.32. The molecule has 1 N–H and O–H groups in total. The van der Waals surface area contributed by atoms with E-state index in [0.29, 0.717) is 18.0 Å². The third-order valence-corrected chi connectivity index (χ3v) is 5.80.